The summed E-state index contributed by atoms with van der Waals surface area (Å²) < 4.78 is 38.0. The van der Waals surface area contributed by atoms with Gasteiger partial charge in [-0.2, -0.15) is 13.2 Å². The molecule has 2 rings (SSSR count). The molecule has 0 radical (unpaired) electrons. The third-order valence-electron chi connectivity index (χ3n) is 3.12. The molecule has 1 aliphatic rings. The molecular formula is C13H9ClF3N3O4. The molecule has 0 aliphatic carbocycles. The average molecular weight is 364 g/mol. The van der Waals surface area contributed by atoms with E-state index in [1.54, 1.807) is 0 Å². The molecule has 1 saturated heterocycles. The summed E-state index contributed by atoms with van der Waals surface area (Å²) in [5.41, 5.74) is -1.37. The van der Waals surface area contributed by atoms with Crippen LogP contribution >= 0.6 is 11.6 Å². The Balaban J connectivity index is 2.15. The van der Waals surface area contributed by atoms with Gasteiger partial charge in [-0.25, -0.2) is 9.69 Å². The van der Waals surface area contributed by atoms with Crippen molar-refractivity contribution in [1.82, 2.24) is 9.80 Å². The fourth-order valence-corrected chi connectivity index (χ4v) is 2.05. The van der Waals surface area contributed by atoms with E-state index in [2.05, 4.69) is 5.32 Å². The number of carbonyl (C=O) groups excluding carboxylic acids is 4. The second kappa shape index (κ2) is 6.11. The lowest BCUT2D eigenvalue weighted by atomic mass is 10.2. The number of benzene rings is 1. The first-order chi connectivity index (χ1) is 11.0. The van der Waals surface area contributed by atoms with Gasteiger partial charge in [0.05, 0.1) is 16.3 Å². The van der Waals surface area contributed by atoms with Crippen LogP contribution in [0.25, 0.3) is 0 Å². The van der Waals surface area contributed by atoms with Crippen molar-refractivity contribution in [2.45, 2.75) is 6.18 Å². The van der Waals surface area contributed by atoms with Crippen molar-refractivity contribution in [3.8, 4) is 0 Å². The first-order valence-corrected chi connectivity index (χ1v) is 6.70. The minimum Gasteiger partial charge on any atom is -0.323 e. The number of urea groups is 1. The van der Waals surface area contributed by atoms with Gasteiger partial charge in [0.15, 0.2) is 0 Å². The summed E-state index contributed by atoms with van der Waals surface area (Å²) in [7, 11) is 1.06. The van der Waals surface area contributed by atoms with Crippen molar-refractivity contribution in [2.75, 3.05) is 18.9 Å². The van der Waals surface area contributed by atoms with Crippen LogP contribution in [0.2, 0.25) is 5.02 Å². The van der Waals surface area contributed by atoms with Gasteiger partial charge in [-0.1, -0.05) is 11.6 Å². The number of halogens is 4. The van der Waals surface area contributed by atoms with Crippen LogP contribution in [0.15, 0.2) is 18.2 Å². The summed E-state index contributed by atoms with van der Waals surface area (Å²) in [6.07, 6.45) is -4.64. The number of carbonyl (C=O) groups is 4. The summed E-state index contributed by atoms with van der Waals surface area (Å²) in [6.45, 7) is -0.833. The smallest absolute Gasteiger partial charge is 0.323 e. The number of anilines is 1. The van der Waals surface area contributed by atoms with E-state index in [-0.39, 0.29) is 10.7 Å². The summed E-state index contributed by atoms with van der Waals surface area (Å²) in [4.78, 5) is 47.2. The van der Waals surface area contributed by atoms with E-state index in [1.165, 1.54) is 0 Å². The van der Waals surface area contributed by atoms with E-state index >= 15 is 0 Å². The molecule has 0 unspecified atom stereocenters. The molecule has 1 aromatic rings. The molecule has 7 nitrogen and oxygen atoms in total. The quantitative estimate of drug-likeness (QED) is 0.654. The van der Waals surface area contributed by atoms with Crippen LogP contribution in [0, 0.1) is 0 Å². The van der Waals surface area contributed by atoms with Gasteiger partial charge in [0, 0.05) is 7.05 Å². The molecule has 1 aromatic carbocycles. The number of hydrogen-bond donors (Lipinski definition) is 1. The highest BCUT2D eigenvalue weighted by Gasteiger charge is 2.43. The average Bonchev–Trinajstić information content (AvgIpc) is 2.66. The zero-order valence-electron chi connectivity index (χ0n) is 12.0. The number of hydrogen-bond acceptors (Lipinski definition) is 4. The molecule has 128 valence electrons. The molecule has 0 spiro atoms. The number of nitrogens with one attached hydrogen (secondary N) is 1. The Morgan fingerprint density at radius 2 is 1.83 bits per heavy atom. The topological polar surface area (TPSA) is 86.8 Å². The number of amides is 5. The number of likely N-dealkylation sites (N-methyl/N-ethyl adjacent to an activating group) is 1. The van der Waals surface area contributed by atoms with Gasteiger partial charge in [-0.3, -0.25) is 19.3 Å². The maximum Gasteiger partial charge on any atom is 0.416 e. The van der Waals surface area contributed by atoms with Crippen molar-refractivity contribution in [3.05, 3.63) is 28.8 Å². The predicted octanol–water partition coefficient (Wildman–Crippen LogP) is 1.72. The van der Waals surface area contributed by atoms with Crippen LogP contribution in [-0.4, -0.2) is 47.1 Å². The van der Waals surface area contributed by atoms with E-state index in [1.807, 2.05) is 0 Å². The highest BCUT2D eigenvalue weighted by molar-refractivity contribution is 6.45. The summed E-state index contributed by atoms with van der Waals surface area (Å²) in [5.74, 6) is -3.29. The van der Waals surface area contributed by atoms with Gasteiger partial charge >= 0.3 is 24.0 Å². The van der Waals surface area contributed by atoms with Crippen LogP contribution < -0.4 is 5.32 Å². The monoisotopic (exact) mass is 363 g/mol. The third-order valence-corrected chi connectivity index (χ3v) is 3.45. The molecule has 0 aromatic heterocycles. The molecule has 24 heavy (non-hydrogen) atoms. The van der Waals surface area contributed by atoms with Crippen molar-refractivity contribution in [2.24, 2.45) is 0 Å². The van der Waals surface area contributed by atoms with Gasteiger partial charge in [0.2, 0.25) is 5.91 Å². The molecule has 1 N–H and O–H groups in total. The lowest BCUT2D eigenvalue weighted by Gasteiger charge is -2.14. The second-order valence-electron chi connectivity index (χ2n) is 4.78. The predicted molar refractivity (Wildman–Crippen MR) is 75.0 cm³/mol. The van der Waals surface area contributed by atoms with Crippen molar-refractivity contribution in [1.29, 1.82) is 0 Å². The van der Waals surface area contributed by atoms with Crippen LogP contribution in [-0.2, 0) is 20.6 Å². The first-order valence-electron chi connectivity index (χ1n) is 6.32. The number of nitrogens with zero attached hydrogens (tertiary/aromatic N) is 2. The number of imide groups is 2. The van der Waals surface area contributed by atoms with E-state index in [9.17, 15) is 32.3 Å². The molecule has 0 atom stereocenters. The Morgan fingerprint density at radius 1 is 1.21 bits per heavy atom. The van der Waals surface area contributed by atoms with Crippen LogP contribution in [0.4, 0.5) is 23.7 Å². The normalized spacial score (nSPS) is 15.3. The van der Waals surface area contributed by atoms with E-state index < -0.39 is 42.0 Å². The molecule has 1 aliphatic heterocycles. The zero-order chi connectivity index (χ0) is 18.2. The van der Waals surface area contributed by atoms with Crippen molar-refractivity contribution >= 4 is 41.0 Å². The Bertz CT molecular complexity index is 750. The SMILES string of the molecule is CN1C(=O)C(=O)N(CC(=O)Nc2cc(C(F)(F)F)ccc2Cl)C1=O. The van der Waals surface area contributed by atoms with Gasteiger partial charge < -0.3 is 5.32 Å². The fraction of sp³-hybridized carbons (Fsp3) is 0.231. The molecule has 0 bridgehead atoms. The van der Waals surface area contributed by atoms with Crippen LogP contribution in [0.5, 0.6) is 0 Å². The first kappa shape index (κ1) is 17.7. The van der Waals surface area contributed by atoms with Gasteiger partial charge in [-0.15, -0.1) is 0 Å². The molecule has 0 saturated carbocycles. The molecule has 11 heteroatoms. The zero-order valence-corrected chi connectivity index (χ0v) is 12.7. The maximum atomic E-state index is 12.7. The van der Waals surface area contributed by atoms with Gasteiger partial charge in [-0.05, 0) is 18.2 Å². The van der Waals surface area contributed by atoms with Crippen molar-refractivity contribution in [3.63, 3.8) is 0 Å². The van der Waals surface area contributed by atoms with Crippen LogP contribution in [0.1, 0.15) is 5.56 Å². The Labute approximate surface area is 137 Å². The lowest BCUT2D eigenvalue weighted by Crippen LogP contribution is -2.38. The Hall–Kier alpha value is -2.62. The Kier molecular flexibility index (Phi) is 4.52. The van der Waals surface area contributed by atoms with E-state index in [0.717, 1.165) is 19.2 Å². The van der Waals surface area contributed by atoms with Gasteiger partial charge in [0.1, 0.15) is 6.54 Å². The Morgan fingerprint density at radius 3 is 2.33 bits per heavy atom. The molecule has 5 amide bonds. The van der Waals surface area contributed by atoms with E-state index in [4.69, 9.17) is 11.6 Å². The summed E-state index contributed by atoms with van der Waals surface area (Å²) >= 11 is 5.72. The summed E-state index contributed by atoms with van der Waals surface area (Å²) in [5, 5.41) is 1.91. The third kappa shape index (κ3) is 3.32. The molecular weight excluding hydrogens is 355 g/mol. The van der Waals surface area contributed by atoms with E-state index in [0.29, 0.717) is 15.9 Å². The van der Waals surface area contributed by atoms with Gasteiger partial charge in [0.25, 0.3) is 0 Å². The molecule has 1 heterocycles. The molecule has 1 fully saturated rings. The standard InChI is InChI=1S/C13H9ClF3N3O4/c1-19-10(22)11(23)20(12(19)24)5-9(21)18-8-4-6(13(15,16)17)2-3-7(8)14/h2-4H,5H2,1H3,(H,18,21). The number of rotatable bonds is 3. The second-order valence-corrected chi connectivity index (χ2v) is 5.19. The largest absolute Gasteiger partial charge is 0.416 e. The fourth-order valence-electron chi connectivity index (χ4n) is 1.88. The highest BCUT2D eigenvalue weighted by atomic mass is 35.5. The summed E-state index contributed by atoms with van der Waals surface area (Å²) in [6, 6.07) is 1.29. The lowest BCUT2D eigenvalue weighted by molar-refractivity contribution is -0.143. The maximum absolute atomic E-state index is 12.7. The van der Waals surface area contributed by atoms with Crippen molar-refractivity contribution < 1.29 is 32.3 Å². The minimum absolute atomic E-state index is 0.163. The van der Waals surface area contributed by atoms with Crippen LogP contribution in [0.3, 0.4) is 0 Å². The number of alkyl halides is 3. The highest BCUT2D eigenvalue weighted by Crippen LogP contribution is 2.33. The minimum atomic E-state index is -4.64.